The number of amides is 1. The maximum atomic E-state index is 12.8. The summed E-state index contributed by atoms with van der Waals surface area (Å²) in [6.45, 7) is 11.2. The largest absolute Gasteiger partial charge is 0.352 e. The van der Waals surface area contributed by atoms with Gasteiger partial charge in [0.2, 0.25) is 0 Å². The molecule has 2 aromatic carbocycles. The fraction of sp³-hybridized carbons (Fsp3) is 0.320. The quantitative estimate of drug-likeness (QED) is 0.656. The second-order valence-electron chi connectivity index (χ2n) is 8.15. The highest BCUT2D eigenvalue weighted by molar-refractivity contribution is 5.94. The molecule has 1 aliphatic rings. The predicted molar refractivity (Wildman–Crippen MR) is 121 cm³/mol. The van der Waals surface area contributed by atoms with E-state index in [0.29, 0.717) is 13.1 Å². The minimum Gasteiger partial charge on any atom is -0.352 e. The van der Waals surface area contributed by atoms with Gasteiger partial charge in [-0.25, -0.2) is 0 Å². The summed E-state index contributed by atoms with van der Waals surface area (Å²) in [4.78, 5) is 17.0. The van der Waals surface area contributed by atoms with Gasteiger partial charge in [-0.3, -0.25) is 4.79 Å². The van der Waals surface area contributed by atoms with Crippen LogP contribution in [0.15, 0.2) is 48.5 Å². The van der Waals surface area contributed by atoms with Crippen molar-refractivity contribution < 1.29 is 4.79 Å². The summed E-state index contributed by atoms with van der Waals surface area (Å²) in [6, 6.07) is 16.3. The monoisotopic (exact) mass is 400 g/mol. The van der Waals surface area contributed by atoms with Gasteiger partial charge in [-0.05, 0) is 80.3 Å². The van der Waals surface area contributed by atoms with E-state index in [1.165, 1.54) is 16.7 Å². The van der Waals surface area contributed by atoms with E-state index in [0.717, 1.165) is 41.3 Å². The molecule has 1 aliphatic heterocycles. The van der Waals surface area contributed by atoms with E-state index in [2.05, 4.69) is 54.1 Å². The number of piperazine rings is 1. The lowest BCUT2D eigenvalue weighted by atomic mass is 10.0. The number of benzene rings is 2. The van der Waals surface area contributed by atoms with Crippen LogP contribution in [0.5, 0.6) is 0 Å². The van der Waals surface area contributed by atoms with Crippen LogP contribution >= 0.6 is 0 Å². The maximum Gasteiger partial charge on any atom is 0.253 e. The molecule has 3 aromatic rings. The van der Waals surface area contributed by atoms with E-state index >= 15 is 0 Å². The van der Waals surface area contributed by atoms with Crippen molar-refractivity contribution >= 4 is 11.7 Å². The lowest BCUT2D eigenvalue weighted by Crippen LogP contribution is -2.49. The second-order valence-corrected chi connectivity index (χ2v) is 8.15. The van der Waals surface area contributed by atoms with Gasteiger partial charge in [-0.1, -0.05) is 18.2 Å². The first-order valence-corrected chi connectivity index (χ1v) is 10.5. The van der Waals surface area contributed by atoms with Crippen molar-refractivity contribution in [3.63, 3.8) is 0 Å². The van der Waals surface area contributed by atoms with E-state index in [4.69, 9.17) is 0 Å². The van der Waals surface area contributed by atoms with Crippen molar-refractivity contribution in [2.45, 2.75) is 27.7 Å². The number of carbonyl (C=O) groups excluding carboxylic acids is 1. The first kappa shape index (κ1) is 20.1. The molecule has 0 aliphatic carbocycles. The Balaban J connectivity index is 1.40. The first-order chi connectivity index (χ1) is 14.4. The lowest BCUT2D eigenvalue weighted by molar-refractivity contribution is 0.0746. The molecular formula is C25H28N4O. The van der Waals surface area contributed by atoms with Crippen LogP contribution in [0.4, 0.5) is 5.82 Å². The summed E-state index contributed by atoms with van der Waals surface area (Å²) < 4.78 is 0. The fourth-order valence-electron chi connectivity index (χ4n) is 3.74. The number of hydrogen-bond donors (Lipinski definition) is 0. The molecule has 1 amide bonds. The molecule has 2 heterocycles. The lowest BCUT2D eigenvalue weighted by Gasteiger charge is -2.35. The standard InChI is InChI=1S/C25H28N4O/c1-17-5-7-21(15-19(17)3)23-9-10-24(27-26-23)28-11-13-29(14-12-28)25(30)22-8-6-18(2)20(4)16-22/h5-10,15-16H,11-14H2,1-4H3. The van der Waals surface area contributed by atoms with Crippen LogP contribution in [-0.2, 0) is 0 Å². The molecule has 5 nitrogen and oxygen atoms in total. The highest BCUT2D eigenvalue weighted by Crippen LogP contribution is 2.22. The maximum absolute atomic E-state index is 12.8. The molecule has 4 rings (SSSR count). The molecule has 0 spiro atoms. The van der Waals surface area contributed by atoms with Crippen molar-refractivity contribution in [1.29, 1.82) is 0 Å². The van der Waals surface area contributed by atoms with Crippen LogP contribution in [0.25, 0.3) is 11.3 Å². The van der Waals surface area contributed by atoms with Crippen LogP contribution < -0.4 is 4.90 Å². The van der Waals surface area contributed by atoms with E-state index in [1.807, 2.05) is 42.2 Å². The van der Waals surface area contributed by atoms with Gasteiger partial charge in [-0.2, -0.15) is 0 Å². The topological polar surface area (TPSA) is 49.3 Å². The third kappa shape index (κ3) is 4.06. The molecule has 30 heavy (non-hydrogen) atoms. The molecular weight excluding hydrogens is 372 g/mol. The predicted octanol–water partition coefficient (Wildman–Crippen LogP) is 4.34. The van der Waals surface area contributed by atoms with Gasteiger partial charge in [0, 0.05) is 37.3 Å². The highest BCUT2D eigenvalue weighted by atomic mass is 16.2. The third-order valence-electron chi connectivity index (χ3n) is 6.10. The van der Waals surface area contributed by atoms with Crippen molar-refractivity contribution in [2.75, 3.05) is 31.1 Å². The van der Waals surface area contributed by atoms with E-state index in [-0.39, 0.29) is 5.91 Å². The Morgan fingerprint density at radius 1 is 0.733 bits per heavy atom. The number of carbonyl (C=O) groups is 1. The van der Waals surface area contributed by atoms with Gasteiger partial charge in [0.15, 0.2) is 5.82 Å². The summed E-state index contributed by atoms with van der Waals surface area (Å²) in [7, 11) is 0. The van der Waals surface area contributed by atoms with Crippen LogP contribution in [0, 0.1) is 27.7 Å². The van der Waals surface area contributed by atoms with E-state index in [1.54, 1.807) is 0 Å². The van der Waals surface area contributed by atoms with Crippen molar-refractivity contribution in [3.8, 4) is 11.3 Å². The minimum atomic E-state index is 0.105. The van der Waals surface area contributed by atoms with Crippen LogP contribution in [-0.4, -0.2) is 47.2 Å². The molecule has 0 atom stereocenters. The zero-order valence-electron chi connectivity index (χ0n) is 18.1. The van der Waals surface area contributed by atoms with Gasteiger partial charge in [0.1, 0.15) is 0 Å². The smallest absolute Gasteiger partial charge is 0.253 e. The number of anilines is 1. The average molecular weight is 401 g/mol. The number of rotatable bonds is 3. The normalized spacial score (nSPS) is 14.1. The Morgan fingerprint density at radius 3 is 2.00 bits per heavy atom. The molecule has 0 N–H and O–H groups in total. The molecule has 1 fully saturated rings. The average Bonchev–Trinajstić information content (AvgIpc) is 2.77. The van der Waals surface area contributed by atoms with Crippen molar-refractivity contribution in [3.05, 3.63) is 76.3 Å². The fourth-order valence-corrected chi connectivity index (χ4v) is 3.74. The Kier molecular flexibility index (Phi) is 5.53. The molecule has 0 unspecified atom stereocenters. The Bertz CT molecular complexity index is 1070. The second kappa shape index (κ2) is 8.27. The molecule has 1 saturated heterocycles. The Labute approximate surface area is 178 Å². The van der Waals surface area contributed by atoms with Gasteiger partial charge in [0.05, 0.1) is 5.69 Å². The summed E-state index contributed by atoms with van der Waals surface area (Å²) in [5.74, 6) is 0.967. The molecule has 154 valence electrons. The molecule has 0 saturated carbocycles. The van der Waals surface area contributed by atoms with E-state index < -0.39 is 0 Å². The summed E-state index contributed by atoms with van der Waals surface area (Å²) in [5, 5.41) is 8.90. The van der Waals surface area contributed by atoms with Gasteiger partial charge >= 0.3 is 0 Å². The summed E-state index contributed by atoms with van der Waals surface area (Å²) in [6.07, 6.45) is 0. The molecule has 1 aromatic heterocycles. The number of aryl methyl sites for hydroxylation is 4. The Morgan fingerprint density at radius 2 is 1.40 bits per heavy atom. The zero-order chi connectivity index (χ0) is 21.3. The minimum absolute atomic E-state index is 0.105. The van der Waals surface area contributed by atoms with Gasteiger partial charge in [-0.15, -0.1) is 10.2 Å². The number of hydrogen-bond acceptors (Lipinski definition) is 4. The summed E-state index contributed by atoms with van der Waals surface area (Å²) >= 11 is 0. The molecule has 5 heteroatoms. The third-order valence-corrected chi connectivity index (χ3v) is 6.10. The van der Waals surface area contributed by atoms with E-state index in [9.17, 15) is 4.79 Å². The Hall–Kier alpha value is -3.21. The molecule has 0 bridgehead atoms. The van der Waals surface area contributed by atoms with Gasteiger partial charge < -0.3 is 9.80 Å². The van der Waals surface area contributed by atoms with Crippen LogP contribution in [0.3, 0.4) is 0 Å². The van der Waals surface area contributed by atoms with Gasteiger partial charge in [0.25, 0.3) is 5.91 Å². The van der Waals surface area contributed by atoms with Crippen molar-refractivity contribution in [2.24, 2.45) is 0 Å². The molecule has 0 radical (unpaired) electrons. The number of nitrogens with zero attached hydrogens (tertiary/aromatic N) is 4. The van der Waals surface area contributed by atoms with Crippen molar-refractivity contribution in [1.82, 2.24) is 15.1 Å². The SMILES string of the molecule is Cc1ccc(C(=O)N2CCN(c3ccc(-c4ccc(C)c(C)c4)nn3)CC2)cc1C. The number of aromatic nitrogens is 2. The highest BCUT2D eigenvalue weighted by Gasteiger charge is 2.23. The van der Waals surface area contributed by atoms with Crippen LogP contribution in [0.1, 0.15) is 32.6 Å². The first-order valence-electron chi connectivity index (χ1n) is 10.5. The summed E-state index contributed by atoms with van der Waals surface area (Å²) in [5.41, 5.74) is 7.62. The van der Waals surface area contributed by atoms with Crippen LogP contribution in [0.2, 0.25) is 0 Å². The zero-order valence-corrected chi connectivity index (χ0v) is 18.1.